The average molecular weight is 200 g/mol. The minimum Gasteiger partial charge on any atom is -0.396 e. The van der Waals surface area contributed by atoms with E-state index in [0.29, 0.717) is 12.3 Å². The summed E-state index contributed by atoms with van der Waals surface area (Å²) in [5, 5.41) is 18.8. The SMILES string of the molecule is C=CC[C@H](CO)[C@@H](O)CCCC(C)C. The first-order chi connectivity index (χ1) is 6.61. The normalized spacial score (nSPS) is 15.5. The second kappa shape index (κ2) is 8.01. The van der Waals surface area contributed by atoms with Crippen LogP contribution in [0.4, 0.5) is 0 Å². The highest BCUT2D eigenvalue weighted by molar-refractivity contribution is 4.77. The first kappa shape index (κ1) is 13.7. The summed E-state index contributed by atoms with van der Waals surface area (Å²) < 4.78 is 0. The van der Waals surface area contributed by atoms with Crippen molar-refractivity contribution in [2.75, 3.05) is 6.61 Å². The molecule has 0 amide bonds. The van der Waals surface area contributed by atoms with Gasteiger partial charge < -0.3 is 10.2 Å². The highest BCUT2D eigenvalue weighted by atomic mass is 16.3. The molecule has 0 saturated carbocycles. The molecular weight excluding hydrogens is 176 g/mol. The summed E-state index contributed by atoms with van der Waals surface area (Å²) in [6.45, 7) is 8.03. The highest BCUT2D eigenvalue weighted by Crippen LogP contribution is 2.16. The van der Waals surface area contributed by atoms with Crippen molar-refractivity contribution in [3.63, 3.8) is 0 Å². The molecule has 0 aliphatic carbocycles. The average Bonchev–Trinajstić information content (AvgIpc) is 2.13. The van der Waals surface area contributed by atoms with E-state index in [1.165, 1.54) is 0 Å². The lowest BCUT2D eigenvalue weighted by molar-refractivity contribution is 0.0599. The minimum absolute atomic E-state index is 0.0281. The lowest BCUT2D eigenvalue weighted by atomic mass is 9.94. The molecule has 0 bridgehead atoms. The van der Waals surface area contributed by atoms with Crippen molar-refractivity contribution in [3.05, 3.63) is 12.7 Å². The number of aliphatic hydroxyl groups excluding tert-OH is 2. The molecular formula is C12H24O2. The summed E-state index contributed by atoms with van der Waals surface area (Å²) in [5.41, 5.74) is 0. The lowest BCUT2D eigenvalue weighted by Gasteiger charge is -2.19. The Morgan fingerprint density at radius 1 is 1.29 bits per heavy atom. The van der Waals surface area contributed by atoms with Crippen LogP contribution in [0.5, 0.6) is 0 Å². The molecule has 0 unspecified atom stereocenters. The Morgan fingerprint density at radius 3 is 2.36 bits per heavy atom. The molecule has 0 fully saturated rings. The standard InChI is InChI=1S/C12H24O2/c1-4-6-11(9-13)12(14)8-5-7-10(2)3/h4,10-14H,1,5-9H2,2-3H3/t11-,12+/m1/s1. The van der Waals surface area contributed by atoms with E-state index in [-0.39, 0.29) is 18.6 Å². The Kier molecular flexibility index (Phi) is 7.81. The van der Waals surface area contributed by atoms with Crippen LogP contribution >= 0.6 is 0 Å². The van der Waals surface area contributed by atoms with Gasteiger partial charge in [0, 0.05) is 12.5 Å². The molecule has 0 heterocycles. The van der Waals surface area contributed by atoms with Crippen LogP contribution in [0.1, 0.15) is 39.5 Å². The third kappa shape index (κ3) is 6.17. The molecule has 0 aromatic heterocycles. The van der Waals surface area contributed by atoms with E-state index >= 15 is 0 Å². The highest BCUT2D eigenvalue weighted by Gasteiger charge is 2.16. The van der Waals surface area contributed by atoms with E-state index in [4.69, 9.17) is 5.11 Å². The van der Waals surface area contributed by atoms with Gasteiger partial charge in [-0.05, 0) is 18.8 Å². The summed E-state index contributed by atoms with van der Waals surface area (Å²) >= 11 is 0. The Balaban J connectivity index is 3.68. The zero-order chi connectivity index (χ0) is 11.0. The Labute approximate surface area is 87.7 Å². The zero-order valence-electron chi connectivity index (χ0n) is 9.45. The number of allylic oxidation sites excluding steroid dienone is 1. The van der Waals surface area contributed by atoms with Crippen LogP contribution in [0.25, 0.3) is 0 Å². The molecule has 0 aromatic carbocycles. The first-order valence-electron chi connectivity index (χ1n) is 5.51. The van der Waals surface area contributed by atoms with Gasteiger partial charge in [-0.15, -0.1) is 6.58 Å². The van der Waals surface area contributed by atoms with Crippen molar-refractivity contribution >= 4 is 0 Å². The van der Waals surface area contributed by atoms with Gasteiger partial charge in [0.05, 0.1) is 6.10 Å². The van der Waals surface area contributed by atoms with Crippen molar-refractivity contribution in [1.29, 1.82) is 0 Å². The van der Waals surface area contributed by atoms with Crippen LogP contribution in [0.15, 0.2) is 12.7 Å². The molecule has 84 valence electrons. The molecule has 2 nitrogen and oxygen atoms in total. The van der Waals surface area contributed by atoms with Crippen LogP contribution in [0.2, 0.25) is 0 Å². The zero-order valence-corrected chi connectivity index (χ0v) is 9.45. The van der Waals surface area contributed by atoms with Gasteiger partial charge in [0.2, 0.25) is 0 Å². The fraction of sp³-hybridized carbons (Fsp3) is 0.833. The van der Waals surface area contributed by atoms with Gasteiger partial charge in [-0.1, -0.05) is 32.8 Å². The largest absolute Gasteiger partial charge is 0.396 e. The maximum atomic E-state index is 9.75. The molecule has 0 aliphatic heterocycles. The van der Waals surface area contributed by atoms with Gasteiger partial charge >= 0.3 is 0 Å². The first-order valence-corrected chi connectivity index (χ1v) is 5.51. The van der Waals surface area contributed by atoms with Gasteiger partial charge in [-0.3, -0.25) is 0 Å². The number of aliphatic hydroxyl groups is 2. The predicted octanol–water partition coefficient (Wildman–Crippen LogP) is 2.36. The third-order valence-electron chi connectivity index (χ3n) is 2.53. The Morgan fingerprint density at radius 2 is 1.93 bits per heavy atom. The van der Waals surface area contributed by atoms with Crippen LogP contribution < -0.4 is 0 Å². The van der Waals surface area contributed by atoms with E-state index in [9.17, 15) is 5.11 Å². The molecule has 2 N–H and O–H groups in total. The number of hydrogen-bond donors (Lipinski definition) is 2. The monoisotopic (exact) mass is 200 g/mol. The Bertz CT molecular complexity index is 143. The van der Waals surface area contributed by atoms with E-state index in [2.05, 4.69) is 20.4 Å². The molecule has 2 atom stereocenters. The van der Waals surface area contributed by atoms with Gasteiger partial charge in [-0.2, -0.15) is 0 Å². The second-order valence-electron chi connectivity index (χ2n) is 4.36. The molecule has 0 aliphatic rings. The molecule has 0 aromatic rings. The van der Waals surface area contributed by atoms with Crippen LogP contribution in [-0.2, 0) is 0 Å². The van der Waals surface area contributed by atoms with Gasteiger partial charge in [0.25, 0.3) is 0 Å². The van der Waals surface area contributed by atoms with Crippen molar-refractivity contribution in [2.45, 2.75) is 45.6 Å². The molecule has 0 saturated heterocycles. The van der Waals surface area contributed by atoms with Crippen molar-refractivity contribution in [1.82, 2.24) is 0 Å². The second-order valence-corrected chi connectivity index (χ2v) is 4.36. The molecule has 14 heavy (non-hydrogen) atoms. The van der Waals surface area contributed by atoms with Crippen molar-refractivity contribution < 1.29 is 10.2 Å². The number of rotatable bonds is 8. The maximum absolute atomic E-state index is 9.75. The minimum atomic E-state index is -0.378. The molecule has 0 spiro atoms. The van der Waals surface area contributed by atoms with Gasteiger partial charge in [-0.25, -0.2) is 0 Å². The summed E-state index contributed by atoms with van der Waals surface area (Å²) in [4.78, 5) is 0. The van der Waals surface area contributed by atoms with E-state index in [1.807, 2.05) is 0 Å². The quantitative estimate of drug-likeness (QED) is 0.590. The van der Waals surface area contributed by atoms with Gasteiger partial charge in [0.15, 0.2) is 0 Å². The van der Waals surface area contributed by atoms with Crippen molar-refractivity contribution in [3.8, 4) is 0 Å². The van der Waals surface area contributed by atoms with Gasteiger partial charge in [0.1, 0.15) is 0 Å². The molecule has 0 radical (unpaired) electrons. The van der Waals surface area contributed by atoms with E-state index in [1.54, 1.807) is 6.08 Å². The maximum Gasteiger partial charge on any atom is 0.0593 e. The number of hydrogen-bond acceptors (Lipinski definition) is 2. The Hall–Kier alpha value is -0.340. The predicted molar refractivity (Wildman–Crippen MR) is 60.1 cm³/mol. The smallest absolute Gasteiger partial charge is 0.0593 e. The fourth-order valence-electron chi connectivity index (χ4n) is 1.54. The molecule has 2 heteroatoms. The molecule has 0 rings (SSSR count). The van der Waals surface area contributed by atoms with Crippen LogP contribution in [-0.4, -0.2) is 22.9 Å². The van der Waals surface area contributed by atoms with E-state index < -0.39 is 0 Å². The summed E-state index contributed by atoms with van der Waals surface area (Å²) in [7, 11) is 0. The fourth-order valence-corrected chi connectivity index (χ4v) is 1.54. The lowest BCUT2D eigenvalue weighted by Crippen LogP contribution is -2.23. The van der Waals surface area contributed by atoms with Crippen molar-refractivity contribution in [2.24, 2.45) is 11.8 Å². The topological polar surface area (TPSA) is 40.5 Å². The van der Waals surface area contributed by atoms with Crippen LogP contribution in [0, 0.1) is 11.8 Å². The summed E-state index contributed by atoms with van der Waals surface area (Å²) in [6, 6.07) is 0. The van der Waals surface area contributed by atoms with E-state index in [0.717, 1.165) is 19.3 Å². The summed E-state index contributed by atoms with van der Waals surface area (Å²) in [6.07, 6.45) is 5.04. The summed E-state index contributed by atoms with van der Waals surface area (Å²) in [5.74, 6) is 0.661. The third-order valence-corrected chi connectivity index (χ3v) is 2.53. The van der Waals surface area contributed by atoms with Crippen LogP contribution in [0.3, 0.4) is 0 Å².